The number of hydrogen-bond donors (Lipinski definition) is 0. The second-order valence-electron chi connectivity index (χ2n) is 8.40. The minimum absolute atomic E-state index is 0.593. The number of nitrogens with zero attached hydrogens (tertiary/aromatic N) is 1. The molecular weight excluding hydrogens is 358 g/mol. The van der Waals surface area contributed by atoms with E-state index < -0.39 is 0 Å². The summed E-state index contributed by atoms with van der Waals surface area (Å²) in [5, 5.41) is 0. The SMILES string of the molecule is C=C(c1ccc(Oc2ccccc2OC)cc1)C1CCN(C2CCCCC2)CC1. The van der Waals surface area contributed by atoms with Crippen LogP contribution < -0.4 is 9.47 Å². The first-order valence-corrected chi connectivity index (χ1v) is 11.1. The second kappa shape index (κ2) is 9.49. The molecular formula is C26H33NO2. The largest absolute Gasteiger partial charge is 0.493 e. The van der Waals surface area contributed by atoms with Gasteiger partial charge >= 0.3 is 0 Å². The Kier molecular flexibility index (Phi) is 6.56. The van der Waals surface area contributed by atoms with Crippen molar-refractivity contribution in [3.8, 4) is 17.2 Å². The number of piperidine rings is 1. The summed E-state index contributed by atoms with van der Waals surface area (Å²) >= 11 is 0. The Bertz CT molecular complexity index is 800. The molecule has 2 aromatic carbocycles. The molecule has 2 aliphatic rings. The third-order valence-corrected chi connectivity index (χ3v) is 6.64. The van der Waals surface area contributed by atoms with Crippen LogP contribution in [0.2, 0.25) is 0 Å². The quantitative estimate of drug-likeness (QED) is 0.557. The van der Waals surface area contributed by atoms with Gasteiger partial charge in [-0.3, -0.25) is 0 Å². The highest BCUT2D eigenvalue weighted by atomic mass is 16.5. The molecule has 1 saturated carbocycles. The highest BCUT2D eigenvalue weighted by Crippen LogP contribution is 2.35. The highest BCUT2D eigenvalue weighted by Gasteiger charge is 2.27. The molecule has 4 rings (SSSR count). The van der Waals surface area contributed by atoms with Crippen molar-refractivity contribution >= 4 is 5.57 Å². The monoisotopic (exact) mass is 391 g/mol. The van der Waals surface area contributed by atoms with Gasteiger partial charge in [0, 0.05) is 6.04 Å². The third-order valence-electron chi connectivity index (χ3n) is 6.64. The topological polar surface area (TPSA) is 21.7 Å². The van der Waals surface area contributed by atoms with E-state index in [4.69, 9.17) is 9.47 Å². The predicted octanol–water partition coefficient (Wildman–Crippen LogP) is 6.55. The molecule has 2 aromatic rings. The van der Waals surface area contributed by atoms with Gasteiger partial charge in [-0.2, -0.15) is 0 Å². The zero-order chi connectivity index (χ0) is 20.1. The lowest BCUT2D eigenvalue weighted by Crippen LogP contribution is -2.42. The van der Waals surface area contributed by atoms with Gasteiger partial charge < -0.3 is 14.4 Å². The summed E-state index contributed by atoms with van der Waals surface area (Å²) in [6.07, 6.45) is 9.53. The summed E-state index contributed by atoms with van der Waals surface area (Å²) in [6, 6.07) is 16.9. The molecule has 1 saturated heterocycles. The van der Waals surface area contributed by atoms with Crippen molar-refractivity contribution in [3.63, 3.8) is 0 Å². The van der Waals surface area contributed by atoms with E-state index in [2.05, 4.69) is 23.6 Å². The van der Waals surface area contributed by atoms with E-state index in [1.165, 1.54) is 69.2 Å². The van der Waals surface area contributed by atoms with Gasteiger partial charge in [-0.15, -0.1) is 0 Å². The number of allylic oxidation sites excluding steroid dienone is 1. The van der Waals surface area contributed by atoms with Crippen LogP contribution in [0.25, 0.3) is 5.57 Å². The predicted molar refractivity (Wildman–Crippen MR) is 120 cm³/mol. The molecule has 0 atom stereocenters. The minimum Gasteiger partial charge on any atom is -0.493 e. The molecule has 0 unspecified atom stereocenters. The molecule has 1 heterocycles. The van der Waals surface area contributed by atoms with E-state index in [-0.39, 0.29) is 0 Å². The highest BCUT2D eigenvalue weighted by molar-refractivity contribution is 5.66. The maximum absolute atomic E-state index is 6.00. The number of methoxy groups -OCH3 is 1. The van der Waals surface area contributed by atoms with Crippen molar-refractivity contribution in [3.05, 3.63) is 60.7 Å². The van der Waals surface area contributed by atoms with Gasteiger partial charge in [0.05, 0.1) is 7.11 Å². The summed E-state index contributed by atoms with van der Waals surface area (Å²) in [6.45, 7) is 6.90. The molecule has 0 aromatic heterocycles. The second-order valence-corrected chi connectivity index (χ2v) is 8.40. The number of para-hydroxylation sites is 2. The number of rotatable bonds is 6. The van der Waals surface area contributed by atoms with Crippen LogP contribution in [0.1, 0.15) is 50.5 Å². The van der Waals surface area contributed by atoms with E-state index in [1.807, 2.05) is 36.4 Å². The van der Waals surface area contributed by atoms with Gasteiger partial charge in [-0.05, 0) is 80.1 Å². The number of hydrogen-bond acceptors (Lipinski definition) is 3. The molecule has 3 nitrogen and oxygen atoms in total. The van der Waals surface area contributed by atoms with Crippen LogP contribution in [0.5, 0.6) is 17.2 Å². The van der Waals surface area contributed by atoms with Crippen LogP contribution in [0, 0.1) is 5.92 Å². The van der Waals surface area contributed by atoms with Crippen LogP contribution in [0.3, 0.4) is 0 Å². The molecule has 0 N–H and O–H groups in total. The maximum Gasteiger partial charge on any atom is 0.169 e. The van der Waals surface area contributed by atoms with Gasteiger partial charge in [0.1, 0.15) is 5.75 Å². The lowest BCUT2D eigenvalue weighted by Gasteiger charge is -2.39. The van der Waals surface area contributed by atoms with E-state index in [0.29, 0.717) is 5.92 Å². The lowest BCUT2D eigenvalue weighted by molar-refractivity contribution is 0.119. The zero-order valence-corrected chi connectivity index (χ0v) is 17.6. The fraction of sp³-hybridized carbons (Fsp3) is 0.462. The summed E-state index contributed by atoms with van der Waals surface area (Å²) < 4.78 is 11.4. The van der Waals surface area contributed by atoms with E-state index in [9.17, 15) is 0 Å². The number of likely N-dealkylation sites (tertiary alicyclic amines) is 1. The van der Waals surface area contributed by atoms with Gasteiger partial charge in [0.2, 0.25) is 0 Å². The molecule has 154 valence electrons. The van der Waals surface area contributed by atoms with Gasteiger partial charge in [-0.25, -0.2) is 0 Å². The van der Waals surface area contributed by atoms with Gasteiger partial charge in [0.25, 0.3) is 0 Å². The summed E-state index contributed by atoms with van der Waals surface area (Å²) in [5.74, 6) is 2.89. The number of ether oxygens (including phenoxy) is 2. The average Bonchev–Trinajstić information content (AvgIpc) is 2.80. The maximum atomic E-state index is 6.00. The Morgan fingerprint density at radius 2 is 1.52 bits per heavy atom. The Morgan fingerprint density at radius 1 is 0.862 bits per heavy atom. The molecule has 1 aliphatic heterocycles. The van der Waals surface area contributed by atoms with E-state index in [0.717, 1.165) is 23.3 Å². The fourth-order valence-corrected chi connectivity index (χ4v) is 4.86. The standard InChI is InChI=1S/C26H33NO2/c1-20(22-16-18-27(19-17-22)23-8-4-3-5-9-23)21-12-14-24(15-13-21)29-26-11-7-6-10-25(26)28-2/h6-7,10-15,22-23H,1,3-5,8-9,16-19H2,2H3. The van der Waals surface area contributed by atoms with E-state index >= 15 is 0 Å². The van der Waals surface area contributed by atoms with Crippen molar-refractivity contribution in [2.75, 3.05) is 20.2 Å². The molecule has 0 radical (unpaired) electrons. The molecule has 0 spiro atoms. The van der Waals surface area contributed by atoms with Crippen LogP contribution in [-0.4, -0.2) is 31.1 Å². The van der Waals surface area contributed by atoms with Crippen molar-refractivity contribution in [1.82, 2.24) is 4.90 Å². The molecule has 0 amide bonds. The Hall–Kier alpha value is -2.26. The molecule has 3 heteroatoms. The Labute approximate surface area is 175 Å². The zero-order valence-electron chi connectivity index (χ0n) is 17.6. The first-order valence-electron chi connectivity index (χ1n) is 11.1. The fourth-order valence-electron chi connectivity index (χ4n) is 4.86. The summed E-state index contributed by atoms with van der Waals surface area (Å²) in [4.78, 5) is 2.74. The van der Waals surface area contributed by atoms with Gasteiger partial charge in [-0.1, -0.05) is 50.1 Å². The van der Waals surface area contributed by atoms with Crippen LogP contribution in [-0.2, 0) is 0 Å². The van der Waals surface area contributed by atoms with Crippen molar-refractivity contribution in [1.29, 1.82) is 0 Å². The normalized spacial score (nSPS) is 19.1. The van der Waals surface area contributed by atoms with Crippen molar-refractivity contribution in [2.45, 2.75) is 51.0 Å². The van der Waals surface area contributed by atoms with Crippen LogP contribution in [0.4, 0.5) is 0 Å². The first kappa shape index (κ1) is 20.0. The first-order chi connectivity index (χ1) is 14.2. The molecule has 0 bridgehead atoms. The smallest absolute Gasteiger partial charge is 0.169 e. The molecule has 29 heavy (non-hydrogen) atoms. The van der Waals surface area contributed by atoms with Crippen molar-refractivity contribution in [2.24, 2.45) is 5.92 Å². The average molecular weight is 392 g/mol. The number of benzene rings is 2. The van der Waals surface area contributed by atoms with Crippen LogP contribution >= 0.6 is 0 Å². The summed E-state index contributed by atoms with van der Waals surface area (Å²) in [7, 11) is 1.66. The lowest BCUT2D eigenvalue weighted by atomic mass is 9.84. The molecule has 2 fully saturated rings. The van der Waals surface area contributed by atoms with E-state index in [1.54, 1.807) is 7.11 Å². The summed E-state index contributed by atoms with van der Waals surface area (Å²) in [5.41, 5.74) is 2.51. The minimum atomic E-state index is 0.593. The van der Waals surface area contributed by atoms with Crippen LogP contribution in [0.15, 0.2) is 55.1 Å². The third kappa shape index (κ3) is 4.84. The van der Waals surface area contributed by atoms with Crippen molar-refractivity contribution < 1.29 is 9.47 Å². The Balaban J connectivity index is 1.33. The van der Waals surface area contributed by atoms with Gasteiger partial charge in [0.15, 0.2) is 11.5 Å². The molecule has 1 aliphatic carbocycles. The Morgan fingerprint density at radius 3 is 2.17 bits per heavy atom.